The first kappa shape index (κ1) is 11.4. The van der Waals surface area contributed by atoms with Crippen LogP contribution in [0, 0.1) is 12.3 Å². The van der Waals surface area contributed by atoms with E-state index in [-0.39, 0.29) is 5.41 Å². The lowest BCUT2D eigenvalue weighted by atomic mass is 9.87. The molecule has 2 nitrogen and oxygen atoms in total. The molecule has 1 aromatic heterocycles. The summed E-state index contributed by atoms with van der Waals surface area (Å²) in [5.74, 6) is 0. The molecular formula is C11H18N2S. The molecule has 0 radical (unpaired) electrons. The van der Waals surface area contributed by atoms with Crippen LogP contribution in [0.1, 0.15) is 17.6 Å². The number of aromatic nitrogens is 1. The molecule has 1 aromatic rings. The lowest BCUT2D eigenvalue weighted by molar-refractivity contribution is 0.405. The molecule has 78 valence electrons. The normalized spacial score (nSPS) is 15.1. The Morgan fingerprint density at radius 2 is 2.43 bits per heavy atom. The molecule has 0 saturated carbocycles. The van der Waals surface area contributed by atoms with E-state index in [1.54, 1.807) is 11.3 Å². The van der Waals surface area contributed by atoms with Crippen molar-refractivity contribution >= 4 is 11.3 Å². The summed E-state index contributed by atoms with van der Waals surface area (Å²) >= 11 is 1.73. The van der Waals surface area contributed by atoms with Crippen LogP contribution in [0.4, 0.5) is 0 Å². The highest BCUT2D eigenvalue weighted by Crippen LogP contribution is 2.24. The van der Waals surface area contributed by atoms with Gasteiger partial charge < -0.3 is 5.32 Å². The highest BCUT2D eigenvalue weighted by atomic mass is 32.1. The second-order valence-electron chi connectivity index (χ2n) is 3.95. The Labute approximate surface area is 90.1 Å². The maximum absolute atomic E-state index is 4.47. The molecular weight excluding hydrogens is 192 g/mol. The van der Waals surface area contributed by atoms with Gasteiger partial charge in [-0.05, 0) is 14.0 Å². The minimum atomic E-state index is 0.110. The standard InChI is InChI=1S/C11H18N2S/c1-5-11(3,8-12-4)6-10-13-9(2)7-14-10/h5,7,12H,1,6,8H2,2-4H3. The van der Waals surface area contributed by atoms with Gasteiger partial charge in [-0.1, -0.05) is 13.0 Å². The Hall–Kier alpha value is -0.670. The van der Waals surface area contributed by atoms with Crippen molar-refractivity contribution in [3.8, 4) is 0 Å². The molecule has 0 bridgehead atoms. The van der Waals surface area contributed by atoms with E-state index < -0.39 is 0 Å². The number of nitrogens with zero attached hydrogens (tertiary/aromatic N) is 1. The molecule has 1 rings (SSSR count). The molecule has 14 heavy (non-hydrogen) atoms. The molecule has 0 aliphatic heterocycles. The van der Waals surface area contributed by atoms with Gasteiger partial charge in [0.05, 0.1) is 5.01 Å². The van der Waals surface area contributed by atoms with Crippen molar-refractivity contribution < 1.29 is 0 Å². The zero-order valence-electron chi connectivity index (χ0n) is 9.13. The molecule has 0 amide bonds. The zero-order valence-corrected chi connectivity index (χ0v) is 9.95. The van der Waals surface area contributed by atoms with Crippen molar-refractivity contribution in [3.63, 3.8) is 0 Å². The summed E-state index contributed by atoms with van der Waals surface area (Å²) in [5.41, 5.74) is 1.22. The van der Waals surface area contributed by atoms with E-state index in [4.69, 9.17) is 0 Å². The quantitative estimate of drug-likeness (QED) is 0.755. The molecule has 1 unspecified atom stereocenters. The number of rotatable bonds is 5. The molecule has 1 atom stereocenters. The minimum Gasteiger partial charge on any atom is -0.319 e. The van der Waals surface area contributed by atoms with Crippen LogP contribution in [0.15, 0.2) is 18.0 Å². The fourth-order valence-electron chi connectivity index (χ4n) is 1.44. The smallest absolute Gasteiger partial charge is 0.0937 e. The second kappa shape index (κ2) is 4.71. The van der Waals surface area contributed by atoms with Crippen LogP contribution in [0.2, 0.25) is 0 Å². The van der Waals surface area contributed by atoms with Crippen LogP contribution in [-0.2, 0) is 6.42 Å². The van der Waals surface area contributed by atoms with Gasteiger partial charge >= 0.3 is 0 Å². The van der Waals surface area contributed by atoms with Crippen molar-refractivity contribution in [2.45, 2.75) is 20.3 Å². The predicted octanol–water partition coefficient (Wildman–Crippen LogP) is 2.41. The monoisotopic (exact) mass is 210 g/mol. The van der Waals surface area contributed by atoms with Crippen LogP contribution in [0.5, 0.6) is 0 Å². The highest BCUT2D eigenvalue weighted by Gasteiger charge is 2.21. The third-order valence-corrected chi connectivity index (χ3v) is 3.26. The van der Waals surface area contributed by atoms with E-state index in [0.717, 1.165) is 18.7 Å². The molecule has 0 fully saturated rings. The van der Waals surface area contributed by atoms with Crippen molar-refractivity contribution in [1.29, 1.82) is 0 Å². The van der Waals surface area contributed by atoms with Crippen molar-refractivity contribution in [1.82, 2.24) is 10.3 Å². The van der Waals surface area contributed by atoms with Gasteiger partial charge in [-0.2, -0.15) is 0 Å². The van der Waals surface area contributed by atoms with E-state index in [1.807, 2.05) is 20.0 Å². The molecule has 3 heteroatoms. The summed E-state index contributed by atoms with van der Waals surface area (Å²) in [6.07, 6.45) is 2.98. The molecule has 0 saturated heterocycles. The van der Waals surface area contributed by atoms with Crippen LogP contribution < -0.4 is 5.32 Å². The Balaban J connectivity index is 2.69. The van der Waals surface area contributed by atoms with E-state index in [2.05, 4.69) is 29.2 Å². The van der Waals surface area contributed by atoms with E-state index in [9.17, 15) is 0 Å². The first-order valence-electron chi connectivity index (χ1n) is 4.79. The second-order valence-corrected chi connectivity index (χ2v) is 4.89. The molecule has 0 aliphatic carbocycles. The first-order chi connectivity index (χ1) is 6.59. The Kier molecular flexibility index (Phi) is 3.84. The van der Waals surface area contributed by atoms with Gasteiger partial charge in [0, 0.05) is 29.5 Å². The van der Waals surface area contributed by atoms with E-state index >= 15 is 0 Å². The summed E-state index contributed by atoms with van der Waals surface area (Å²) in [7, 11) is 1.97. The highest BCUT2D eigenvalue weighted by molar-refractivity contribution is 7.09. The zero-order chi connectivity index (χ0) is 10.6. The van der Waals surface area contributed by atoms with Crippen LogP contribution in [0.25, 0.3) is 0 Å². The fraction of sp³-hybridized carbons (Fsp3) is 0.545. The Morgan fingerprint density at radius 3 is 2.86 bits per heavy atom. The Morgan fingerprint density at radius 1 is 1.71 bits per heavy atom. The van der Waals surface area contributed by atoms with Gasteiger partial charge in [0.1, 0.15) is 0 Å². The predicted molar refractivity (Wildman–Crippen MR) is 62.8 cm³/mol. The lowest BCUT2D eigenvalue weighted by Crippen LogP contribution is -2.29. The number of nitrogens with one attached hydrogen (secondary N) is 1. The minimum absolute atomic E-state index is 0.110. The van der Waals surface area contributed by atoms with Crippen LogP contribution in [0.3, 0.4) is 0 Å². The third kappa shape index (κ3) is 2.93. The van der Waals surface area contributed by atoms with E-state index in [1.165, 1.54) is 5.01 Å². The average Bonchev–Trinajstić information content (AvgIpc) is 2.51. The molecule has 1 heterocycles. The van der Waals surface area contributed by atoms with Gasteiger partial charge in [0.2, 0.25) is 0 Å². The average molecular weight is 210 g/mol. The van der Waals surface area contributed by atoms with E-state index in [0.29, 0.717) is 0 Å². The van der Waals surface area contributed by atoms with Gasteiger partial charge in [-0.25, -0.2) is 4.98 Å². The third-order valence-electron chi connectivity index (χ3n) is 2.30. The van der Waals surface area contributed by atoms with Gasteiger partial charge in [0.25, 0.3) is 0 Å². The van der Waals surface area contributed by atoms with Crippen LogP contribution in [-0.4, -0.2) is 18.6 Å². The first-order valence-corrected chi connectivity index (χ1v) is 5.67. The maximum atomic E-state index is 4.47. The summed E-state index contributed by atoms with van der Waals surface area (Å²) in [5, 5.41) is 6.48. The number of hydrogen-bond acceptors (Lipinski definition) is 3. The van der Waals surface area contributed by atoms with Crippen molar-refractivity contribution in [2.75, 3.05) is 13.6 Å². The maximum Gasteiger partial charge on any atom is 0.0937 e. The number of hydrogen-bond donors (Lipinski definition) is 1. The molecule has 1 N–H and O–H groups in total. The Bertz CT molecular complexity index is 306. The number of aryl methyl sites for hydroxylation is 1. The van der Waals surface area contributed by atoms with Crippen molar-refractivity contribution in [3.05, 3.63) is 28.7 Å². The summed E-state index contributed by atoms with van der Waals surface area (Å²) < 4.78 is 0. The topological polar surface area (TPSA) is 24.9 Å². The van der Waals surface area contributed by atoms with Crippen molar-refractivity contribution in [2.24, 2.45) is 5.41 Å². The van der Waals surface area contributed by atoms with Gasteiger partial charge in [-0.3, -0.25) is 0 Å². The lowest BCUT2D eigenvalue weighted by Gasteiger charge is -2.23. The summed E-state index contributed by atoms with van der Waals surface area (Å²) in [4.78, 5) is 4.47. The summed E-state index contributed by atoms with van der Waals surface area (Å²) in [6, 6.07) is 0. The fourth-order valence-corrected chi connectivity index (χ4v) is 2.41. The van der Waals surface area contributed by atoms with Gasteiger partial charge in [0.15, 0.2) is 0 Å². The SMILES string of the molecule is C=CC(C)(CNC)Cc1nc(C)cs1. The van der Waals surface area contributed by atoms with Crippen LogP contribution >= 0.6 is 11.3 Å². The molecule has 0 aromatic carbocycles. The number of thiazole rings is 1. The van der Waals surface area contributed by atoms with Gasteiger partial charge in [-0.15, -0.1) is 17.9 Å². The molecule has 0 spiro atoms. The molecule has 0 aliphatic rings. The largest absolute Gasteiger partial charge is 0.319 e. The summed E-state index contributed by atoms with van der Waals surface area (Å²) in [6.45, 7) is 9.06.